The lowest BCUT2D eigenvalue weighted by Gasteiger charge is -2.34. The minimum atomic E-state index is -3.80. The SMILES string of the molecule is Cc1ccc(NC(=O)c2cc(S(=O)(=O)N3CC(C)CC(C)C3)ccc2F)cc1C. The molecular formula is C22H27FN2O3S. The Kier molecular flexibility index (Phi) is 6.10. The van der Waals surface area contributed by atoms with Gasteiger partial charge in [-0.25, -0.2) is 12.8 Å². The number of carbonyl (C=O) groups is 1. The Bertz CT molecular complexity index is 1030. The molecule has 2 aromatic carbocycles. The van der Waals surface area contributed by atoms with E-state index in [1.54, 1.807) is 12.1 Å². The van der Waals surface area contributed by atoms with Crippen molar-refractivity contribution in [3.63, 3.8) is 0 Å². The van der Waals surface area contributed by atoms with Crippen LogP contribution in [0.4, 0.5) is 10.1 Å². The zero-order valence-electron chi connectivity index (χ0n) is 17.2. The van der Waals surface area contributed by atoms with Crippen LogP contribution < -0.4 is 5.32 Å². The molecule has 0 aliphatic carbocycles. The van der Waals surface area contributed by atoms with Gasteiger partial charge in [0.1, 0.15) is 5.82 Å². The molecule has 1 N–H and O–H groups in total. The van der Waals surface area contributed by atoms with E-state index in [0.29, 0.717) is 18.8 Å². The van der Waals surface area contributed by atoms with E-state index in [1.165, 1.54) is 10.4 Å². The van der Waals surface area contributed by atoms with Gasteiger partial charge in [0.05, 0.1) is 10.5 Å². The molecule has 0 aromatic heterocycles. The highest BCUT2D eigenvalue weighted by Crippen LogP contribution is 2.28. The molecule has 2 aromatic rings. The van der Waals surface area contributed by atoms with Gasteiger partial charge in [0.15, 0.2) is 0 Å². The lowest BCUT2D eigenvalue weighted by Crippen LogP contribution is -2.42. The Hall–Kier alpha value is -2.25. The van der Waals surface area contributed by atoms with Gasteiger partial charge in [-0.3, -0.25) is 4.79 Å². The first-order valence-electron chi connectivity index (χ1n) is 9.76. The Morgan fingerprint density at radius 3 is 2.31 bits per heavy atom. The zero-order chi connectivity index (χ0) is 21.3. The highest BCUT2D eigenvalue weighted by atomic mass is 32.2. The quantitative estimate of drug-likeness (QED) is 0.802. The van der Waals surface area contributed by atoms with E-state index in [0.717, 1.165) is 29.7 Å². The van der Waals surface area contributed by atoms with Gasteiger partial charge in [0.2, 0.25) is 10.0 Å². The maximum atomic E-state index is 14.4. The van der Waals surface area contributed by atoms with Crippen molar-refractivity contribution in [3.8, 4) is 0 Å². The fourth-order valence-electron chi connectivity index (χ4n) is 3.81. The van der Waals surface area contributed by atoms with Gasteiger partial charge in [-0.05, 0) is 73.6 Å². The van der Waals surface area contributed by atoms with E-state index in [9.17, 15) is 17.6 Å². The summed E-state index contributed by atoms with van der Waals surface area (Å²) in [5.74, 6) is -0.933. The maximum Gasteiger partial charge on any atom is 0.258 e. The van der Waals surface area contributed by atoms with Crippen molar-refractivity contribution in [3.05, 3.63) is 58.9 Å². The first-order chi connectivity index (χ1) is 13.6. The van der Waals surface area contributed by atoms with Crippen molar-refractivity contribution in [2.75, 3.05) is 18.4 Å². The Morgan fingerprint density at radius 2 is 1.69 bits per heavy atom. The molecule has 2 unspecified atom stereocenters. The van der Waals surface area contributed by atoms with Crippen molar-refractivity contribution in [2.24, 2.45) is 11.8 Å². The van der Waals surface area contributed by atoms with E-state index in [-0.39, 0.29) is 22.3 Å². The normalized spacial score (nSPS) is 20.4. The summed E-state index contributed by atoms with van der Waals surface area (Å²) in [6, 6.07) is 8.78. The van der Waals surface area contributed by atoms with Crippen molar-refractivity contribution < 1.29 is 17.6 Å². The molecule has 0 spiro atoms. The Balaban J connectivity index is 1.89. The summed E-state index contributed by atoms with van der Waals surface area (Å²) in [6.45, 7) is 8.76. The monoisotopic (exact) mass is 418 g/mol. The largest absolute Gasteiger partial charge is 0.322 e. The van der Waals surface area contributed by atoms with Crippen LogP contribution in [0.1, 0.15) is 41.8 Å². The summed E-state index contributed by atoms with van der Waals surface area (Å²) >= 11 is 0. The lowest BCUT2D eigenvalue weighted by atomic mass is 9.94. The second-order valence-electron chi connectivity index (χ2n) is 8.16. The van der Waals surface area contributed by atoms with Gasteiger partial charge in [-0.15, -0.1) is 0 Å². The van der Waals surface area contributed by atoms with Gasteiger partial charge >= 0.3 is 0 Å². The van der Waals surface area contributed by atoms with Gasteiger partial charge in [-0.1, -0.05) is 19.9 Å². The molecule has 7 heteroatoms. The summed E-state index contributed by atoms with van der Waals surface area (Å²) < 4.78 is 41.9. The van der Waals surface area contributed by atoms with Crippen LogP contribution in [0.3, 0.4) is 0 Å². The summed E-state index contributed by atoms with van der Waals surface area (Å²) in [6.07, 6.45) is 0.971. The molecule has 1 aliphatic rings. The lowest BCUT2D eigenvalue weighted by molar-refractivity contribution is 0.102. The molecular weight excluding hydrogens is 391 g/mol. The predicted octanol–water partition coefficient (Wildman–Crippen LogP) is 4.36. The molecule has 156 valence electrons. The number of hydrogen-bond donors (Lipinski definition) is 1. The number of piperidine rings is 1. The highest BCUT2D eigenvalue weighted by molar-refractivity contribution is 7.89. The second kappa shape index (κ2) is 8.24. The van der Waals surface area contributed by atoms with Crippen LogP contribution in [-0.4, -0.2) is 31.7 Å². The van der Waals surface area contributed by atoms with Crippen LogP contribution in [0.25, 0.3) is 0 Å². The molecule has 1 aliphatic heterocycles. The van der Waals surface area contributed by atoms with Crippen LogP contribution in [0.15, 0.2) is 41.3 Å². The predicted molar refractivity (Wildman–Crippen MR) is 112 cm³/mol. The van der Waals surface area contributed by atoms with E-state index < -0.39 is 21.7 Å². The maximum absolute atomic E-state index is 14.4. The molecule has 29 heavy (non-hydrogen) atoms. The van der Waals surface area contributed by atoms with Gasteiger partial charge < -0.3 is 5.32 Å². The first-order valence-corrected chi connectivity index (χ1v) is 11.2. The van der Waals surface area contributed by atoms with E-state index >= 15 is 0 Å². The molecule has 0 saturated carbocycles. The number of nitrogens with zero attached hydrogens (tertiary/aromatic N) is 1. The molecule has 1 saturated heterocycles. The fourth-order valence-corrected chi connectivity index (χ4v) is 5.51. The number of nitrogens with one attached hydrogen (secondary N) is 1. The van der Waals surface area contributed by atoms with E-state index in [2.05, 4.69) is 5.32 Å². The molecule has 1 fully saturated rings. The molecule has 5 nitrogen and oxygen atoms in total. The van der Waals surface area contributed by atoms with Gasteiger partial charge in [-0.2, -0.15) is 4.31 Å². The standard InChI is InChI=1S/C22H27FN2O3S/c1-14-9-15(2)13-25(12-14)29(27,28)19-7-8-21(23)20(11-19)22(26)24-18-6-5-16(3)17(4)10-18/h5-8,10-11,14-15H,9,12-13H2,1-4H3,(H,24,26). The third-order valence-corrected chi connectivity index (χ3v) is 7.25. The minimum absolute atomic E-state index is 0.0644. The number of aryl methyl sites for hydroxylation is 2. The first kappa shape index (κ1) is 21.5. The number of carbonyl (C=O) groups excluding carboxylic acids is 1. The number of anilines is 1. The number of halogens is 1. The molecule has 1 amide bonds. The van der Waals surface area contributed by atoms with Crippen molar-refractivity contribution in [1.29, 1.82) is 0 Å². The van der Waals surface area contributed by atoms with Gasteiger partial charge in [0.25, 0.3) is 5.91 Å². The number of benzene rings is 2. The smallest absolute Gasteiger partial charge is 0.258 e. The Labute approximate surface area is 172 Å². The third-order valence-electron chi connectivity index (χ3n) is 5.42. The fraction of sp³-hybridized carbons (Fsp3) is 0.409. The average Bonchev–Trinajstić information content (AvgIpc) is 2.64. The topological polar surface area (TPSA) is 66.5 Å². The number of rotatable bonds is 4. The summed E-state index contributed by atoms with van der Waals surface area (Å²) in [5.41, 5.74) is 2.31. The van der Waals surface area contributed by atoms with Crippen molar-refractivity contribution in [2.45, 2.75) is 39.0 Å². The number of amides is 1. The summed E-state index contributed by atoms with van der Waals surface area (Å²) in [4.78, 5) is 12.6. The number of hydrogen-bond acceptors (Lipinski definition) is 3. The summed E-state index contributed by atoms with van der Waals surface area (Å²) in [5, 5.41) is 2.65. The summed E-state index contributed by atoms with van der Waals surface area (Å²) in [7, 11) is -3.80. The molecule has 1 heterocycles. The molecule has 2 atom stereocenters. The van der Waals surface area contributed by atoms with Crippen LogP contribution in [-0.2, 0) is 10.0 Å². The van der Waals surface area contributed by atoms with Gasteiger partial charge in [0, 0.05) is 18.8 Å². The third kappa shape index (κ3) is 4.67. The highest BCUT2D eigenvalue weighted by Gasteiger charge is 2.32. The van der Waals surface area contributed by atoms with Crippen LogP contribution >= 0.6 is 0 Å². The number of sulfonamides is 1. The second-order valence-corrected chi connectivity index (χ2v) is 10.1. The molecule has 0 radical (unpaired) electrons. The van der Waals surface area contributed by atoms with Crippen LogP contribution in [0.5, 0.6) is 0 Å². The Morgan fingerprint density at radius 1 is 1.03 bits per heavy atom. The molecule has 0 bridgehead atoms. The van der Waals surface area contributed by atoms with Crippen LogP contribution in [0.2, 0.25) is 0 Å². The minimum Gasteiger partial charge on any atom is -0.322 e. The van der Waals surface area contributed by atoms with Crippen molar-refractivity contribution in [1.82, 2.24) is 4.31 Å². The average molecular weight is 419 g/mol. The van der Waals surface area contributed by atoms with E-state index in [1.807, 2.05) is 33.8 Å². The van der Waals surface area contributed by atoms with E-state index in [4.69, 9.17) is 0 Å². The van der Waals surface area contributed by atoms with Crippen LogP contribution in [0, 0.1) is 31.5 Å². The van der Waals surface area contributed by atoms with Crippen molar-refractivity contribution >= 4 is 21.6 Å². The zero-order valence-corrected chi connectivity index (χ0v) is 18.0. The molecule has 3 rings (SSSR count).